The molecule has 0 bridgehead atoms. The van der Waals surface area contributed by atoms with Crippen LogP contribution in [0, 0.1) is 23.0 Å². The Hall–Kier alpha value is -3.22. The second kappa shape index (κ2) is 8.13. The molecule has 9 heteroatoms. The van der Waals surface area contributed by atoms with Crippen LogP contribution in [-0.4, -0.2) is 32.5 Å². The topological polar surface area (TPSA) is 70.9 Å². The summed E-state index contributed by atoms with van der Waals surface area (Å²) in [5.41, 5.74) is 2.53. The highest BCUT2D eigenvalue weighted by atomic mass is 32.2. The number of nitrogens with one attached hydrogen (secondary N) is 1. The first-order chi connectivity index (χ1) is 15.1. The number of hydrogen-bond acceptors (Lipinski definition) is 5. The number of rotatable bonds is 4. The third-order valence-electron chi connectivity index (χ3n) is 5.41. The standard InChI is InChI=1S/C22H18F2N6S/c23-18-4-1-5-19(24)22(18)31-20-7-14(12-30-21(20)15(8-25)9-28-30)16-10-27-29(13-16)17-3-2-6-26-11-17/h1,4-5,7,9-10,12-13,17,26H,2-3,6,11H2. The number of pyridine rings is 1. The molecule has 4 heterocycles. The largest absolute Gasteiger partial charge is 0.315 e. The van der Waals surface area contributed by atoms with Gasteiger partial charge in [-0.05, 0) is 37.6 Å². The second-order valence-corrected chi connectivity index (χ2v) is 8.47. The fourth-order valence-electron chi connectivity index (χ4n) is 3.84. The molecule has 1 fully saturated rings. The number of nitrogens with zero attached hydrogens (tertiary/aromatic N) is 5. The van der Waals surface area contributed by atoms with Crippen LogP contribution in [0.4, 0.5) is 8.78 Å². The lowest BCUT2D eigenvalue weighted by Gasteiger charge is -2.22. The number of benzene rings is 1. The van der Waals surface area contributed by atoms with Crippen molar-refractivity contribution in [3.05, 3.63) is 66.3 Å². The van der Waals surface area contributed by atoms with Gasteiger partial charge < -0.3 is 5.32 Å². The summed E-state index contributed by atoms with van der Waals surface area (Å²) in [6.07, 6.45) is 9.18. The van der Waals surface area contributed by atoms with Gasteiger partial charge in [-0.15, -0.1) is 0 Å². The molecule has 0 spiro atoms. The van der Waals surface area contributed by atoms with Crippen molar-refractivity contribution in [1.29, 1.82) is 5.26 Å². The van der Waals surface area contributed by atoms with Crippen LogP contribution in [0.1, 0.15) is 24.4 Å². The average molecular weight is 436 g/mol. The van der Waals surface area contributed by atoms with Gasteiger partial charge in [-0.2, -0.15) is 15.5 Å². The van der Waals surface area contributed by atoms with Crippen molar-refractivity contribution >= 4 is 17.3 Å². The highest BCUT2D eigenvalue weighted by Crippen LogP contribution is 2.38. The van der Waals surface area contributed by atoms with E-state index in [0.717, 1.165) is 48.8 Å². The lowest BCUT2D eigenvalue weighted by Crippen LogP contribution is -2.31. The zero-order chi connectivity index (χ0) is 21.4. The van der Waals surface area contributed by atoms with Crippen LogP contribution in [0.25, 0.3) is 16.6 Å². The molecule has 4 aromatic rings. The molecule has 3 aromatic heterocycles. The van der Waals surface area contributed by atoms with E-state index >= 15 is 0 Å². The second-order valence-electron chi connectivity index (χ2n) is 7.42. The first-order valence-electron chi connectivity index (χ1n) is 9.92. The van der Waals surface area contributed by atoms with Crippen molar-refractivity contribution in [2.75, 3.05) is 13.1 Å². The number of halogens is 2. The third-order valence-corrected chi connectivity index (χ3v) is 6.53. The summed E-state index contributed by atoms with van der Waals surface area (Å²) < 4.78 is 32.2. The van der Waals surface area contributed by atoms with Gasteiger partial charge in [0.1, 0.15) is 17.7 Å². The summed E-state index contributed by atoms with van der Waals surface area (Å²) in [4.78, 5) is 0.429. The molecule has 0 aliphatic carbocycles. The van der Waals surface area contributed by atoms with E-state index in [1.165, 1.54) is 24.4 Å². The van der Waals surface area contributed by atoms with Crippen LogP contribution in [0.2, 0.25) is 0 Å². The molecule has 1 saturated heterocycles. The van der Waals surface area contributed by atoms with Crippen molar-refractivity contribution < 1.29 is 8.78 Å². The quantitative estimate of drug-likeness (QED) is 0.513. The molecule has 1 atom stereocenters. The van der Waals surface area contributed by atoms with E-state index in [1.807, 2.05) is 16.9 Å². The minimum atomic E-state index is -0.649. The lowest BCUT2D eigenvalue weighted by atomic mass is 10.1. The normalized spacial score (nSPS) is 16.5. The molecule has 1 aliphatic rings. The van der Waals surface area contributed by atoms with E-state index in [9.17, 15) is 14.0 Å². The molecule has 5 rings (SSSR count). The Kier molecular flexibility index (Phi) is 5.18. The van der Waals surface area contributed by atoms with E-state index in [1.54, 1.807) is 16.9 Å². The van der Waals surface area contributed by atoms with Gasteiger partial charge >= 0.3 is 0 Å². The van der Waals surface area contributed by atoms with Gasteiger partial charge in [-0.3, -0.25) is 4.68 Å². The van der Waals surface area contributed by atoms with Crippen LogP contribution in [-0.2, 0) is 0 Å². The van der Waals surface area contributed by atoms with Crippen molar-refractivity contribution in [1.82, 2.24) is 24.7 Å². The predicted octanol–water partition coefficient (Wildman–Crippen LogP) is 4.42. The molecule has 1 N–H and O–H groups in total. The number of aromatic nitrogens is 4. The van der Waals surface area contributed by atoms with Gasteiger partial charge in [0, 0.05) is 35.0 Å². The molecular weight excluding hydrogens is 418 g/mol. The monoisotopic (exact) mass is 436 g/mol. The molecule has 31 heavy (non-hydrogen) atoms. The highest BCUT2D eigenvalue weighted by molar-refractivity contribution is 7.99. The molecule has 0 amide bonds. The number of piperidine rings is 1. The summed E-state index contributed by atoms with van der Waals surface area (Å²) in [7, 11) is 0. The van der Waals surface area contributed by atoms with Crippen LogP contribution in [0.3, 0.4) is 0 Å². The van der Waals surface area contributed by atoms with Crippen molar-refractivity contribution in [2.24, 2.45) is 0 Å². The zero-order valence-electron chi connectivity index (χ0n) is 16.4. The van der Waals surface area contributed by atoms with E-state index in [0.29, 0.717) is 22.0 Å². The van der Waals surface area contributed by atoms with Gasteiger partial charge in [-0.1, -0.05) is 17.8 Å². The minimum absolute atomic E-state index is 0.115. The SMILES string of the molecule is N#Cc1cnn2cc(-c3cnn(C4CCCNC4)c3)cc(Sc3c(F)cccc3F)c12. The summed E-state index contributed by atoms with van der Waals surface area (Å²) in [5.74, 6) is -1.30. The Morgan fingerprint density at radius 3 is 2.71 bits per heavy atom. The molecule has 0 radical (unpaired) electrons. The summed E-state index contributed by atoms with van der Waals surface area (Å²) in [5, 5.41) is 21.7. The Balaban J connectivity index is 1.59. The fraction of sp³-hybridized carbons (Fsp3) is 0.227. The number of fused-ring (bicyclic) bond motifs is 1. The van der Waals surface area contributed by atoms with Gasteiger partial charge in [0.25, 0.3) is 0 Å². The maximum absolute atomic E-state index is 14.3. The molecule has 1 aromatic carbocycles. The van der Waals surface area contributed by atoms with E-state index in [-0.39, 0.29) is 4.90 Å². The van der Waals surface area contributed by atoms with Crippen LogP contribution < -0.4 is 5.32 Å². The summed E-state index contributed by atoms with van der Waals surface area (Å²) in [6, 6.07) is 7.99. The van der Waals surface area contributed by atoms with Crippen molar-refractivity contribution in [3.8, 4) is 17.2 Å². The average Bonchev–Trinajstić information content (AvgIpc) is 3.44. The van der Waals surface area contributed by atoms with Crippen LogP contribution >= 0.6 is 11.8 Å². The minimum Gasteiger partial charge on any atom is -0.315 e. The molecule has 6 nitrogen and oxygen atoms in total. The lowest BCUT2D eigenvalue weighted by molar-refractivity contribution is 0.347. The summed E-state index contributed by atoms with van der Waals surface area (Å²) in [6.45, 7) is 1.90. The van der Waals surface area contributed by atoms with Crippen LogP contribution in [0.5, 0.6) is 0 Å². The first-order valence-corrected chi connectivity index (χ1v) is 10.7. The third kappa shape index (κ3) is 3.69. The molecule has 1 aliphatic heterocycles. The van der Waals surface area contributed by atoms with Gasteiger partial charge in [0.15, 0.2) is 0 Å². The smallest absolute Gasteiger partial charge is 0.140 e. The Morgan fingerprint density at radius 2 is 1.97 bits per heavy atom. The molecular formula is C22H18F2N6S. The molecule has 156 valence electrons. The van der Waals surface area contributed by atoms with E-state index in [4.69, 9.17) is 0 Å². The molecule has 0 saturated carbocycles. The van der Waals surface area contributed by atoms with E-state index < -0.39 is 11.6 Å². The van der Waals surface area contributed by atoms with E-state index in [2.05, 4.69) is 21.6 Å². The van der Waals surface area contributed by atoms with Crippen molar-refractivity contribution in [3.63, 3.8) is 0 Å². The Bertz CT molecular complexity index is 1280. The van der Waals surface area contributed by atoms with Gasteiger partial charge in [0.2, 0.25) is 0 Å². The van der Waals surface area contributed by atoms with Gasteiger partial charge in [0.05, 0.1) is 34.4 Å². The van der Waals surface area contributed by atoms with Crippen LogP contribution in [0.15, 0.2) is 58.8 Å². The maximum Gasteiger partial charge on any atom is 0.140 e. The predicted molar refractivity (Wildman–Crippen MR) is 113 cm³/mol. The molecule has 1 unspecified atom stereocenters. The Morgan fingerprint density at radius 1 is 1.13 bits per heavy atom. The zero-order valence-corrected chi connectivity index (χ0v) is 17.2. The van der Waals surface area contributed by atoms with Gasteiger partial charge in [-0.25, -0.2) is 13.3 Å². The summed E-state index contributed by atoms with van der Waals surface area (Å²) >= 11 is 0.949. The maximum atomic E-state index is 14.3. The number of hydrogen-bond donors (Lipinski definition) is 1. The fourth-order valence-corrected chi connectivity index (χ4v) is 4.87. The van der Waals surface area contributed by atoms with Crippen molar-refractivity contribution in [2.45, 2.75) is 28.7 Å². The number of nitriles is 1. The first kappa shape index (κ1) is 19.7. The Labute approximate surface area is 181 Å². The highest BCUT2D eigenvalue weighted by Gasteiger charge is 2.19.